The molecule has 0 heterocycles. The number of nitrogens with one attached hydrogen (secondary N) is 1. The first-order chi connectivity index (χ1) is 9.76. The van der Waals surface area contributed by atoms with E-state index in [1.54, 1.807) is 0 Å². The fraction of sp³-hybridized carbons (Fsp3) is 0.588. The molecule has 20 heavy (non-hydrogen) atoms. The number of rotatable bonds is 8. The Hall–Kier alpha value is -1.53. The SMILES string of the molecule is CCCNC(C)c1ccc(N(CCC#N)C2CC2)cc1. The Bertz CT molecular complexity index is 442. The first-order valence-corrected chi connectivity index (χ1v) is 7.73. The highest BCUT2D eigenvalue weighted by Crippen LogP contribution is 2.32. The molecule has 0 spiro atoms. The smallest absolute Gasteiger partial charge is 0.0640 e. The van der Waals surface area contributed by atoms with Crippen LogP contribution in [-0.2, 0) is 0 Å². The molecule has 1 unspecified atom stereocenters. The fourth-order valence-electron chi connectivity index (χ4n) is 2.51. The van der Waals surface area contributed by atoms with Crippen LogP contribution in [-0.4, -0.2) is 19.1 Å². The predicted octanol–water partition coefficient (Wildman–Crippen LogP) is 3.63. The molecule has 0 amide bonds. The standard InChI is InChI=1S/C17H25N3/c1-3-12-19-14(2)15-5-7-16(8-6-15)20(13-4-11-18)17-9-10-17/h5-8,14,17,19H,3-4,9-10,12-13H2,1-2H3. The summed E-state index contributed by atoms with van der Waals surface area (Å²) in [6.07, 6.45) is 4.29. The summed E-state index contributed by atoms with van der Waals surface area (Å²) in [5, 5.41) is 12.3. The van der Waals surface area contributed by atoms with Crippen LogP contribution in [0.1, 0.15) is 51.1 Å². The quantitative estimate of drug-likeness (QED) is 0.784. The van der Waals surface area contributed by atoms with E-state index < -0.39 is 0 Å². The number of nitriles is 1. The van der Waals surface area contributed by atoms with Crippen molar-refractivity contribution in [1.29, 1.82) is 5.26 Å². The Morgan fingerprint density at radius 1 is 1.35 bits per heavy atom. The van der Waals surface area contributed by atoms with Crippen molar-refractivity contribution in [2.24, 2.45) is 0 Å². The zero-order chi connectivity index (χ0) is 14.4. The zero-order valence-corrected chi connectivity index (χ0v) is 12.6. The van der Waals surface area contributed by atoms with Crippen LogP contribution in [0.15, 0.2) is 24.3 Å². The number of nitrogens with zero attached hydrogens (tertiary/aromatic N) is 2. The molecule has 1 aliphatic rings. The van der Waals surface area contributed by atoms with Crippen molar-refractivity contribution in [3.05, 3.63) is 29.8 Å². The monoisotopic (exact) mass is 271 g/mol. The molecular formula is C17H25N3. The second-order valence-electron chi connectivity index (χ2n) is 5.60. The molecule has 1 atom stereocenters. The van der Waals surface area contributed by atoms with Crippen LogP contribution < -0.4 is 10.2 Å². The molecule has 108 valence electrons. The van der Waals surface area contributed by atoms with Gasteiger partial charge in [0, 0.05) is 24.3 Å². The van der Waals surface area contributed by atoms with Gasteiger partial charge in [-0.3, -0.25) is 0 Å². The van der Waals surface area contributed by atoms with Gasteiger partial charge in [-0.15, -0.1) is 0 Å². The van der Waals surface area contributed by atoms with E-state index in [0.29, 0.717) is 18.5 Å². The van der Waals surface area contributed by atoms with E-state index in [1.807, 2.05) is 0 Å². The van der Waals surface area contributed by atoms with Gasteiger partial charge in [0.2, 0.25) is 0 Å². The van der Waals surface area contributed by atoms with E-state index in [9.17, 15) is 0 Å². The van der Waals surface area contributed by atoms with Crippen molar-refractivity contribution in [3.8, 4) is 6.07 Å². The molecule has 3 nitrogen and oxygen atoms in total. The molecule has 0 radical (unpaired) electrons. The molecule has 0 aliphatic heterocycles. The Labute approximate surface area is 122 Å². The number of hydrogen-bond acceptors (Lipinski definition) is 3. The zero-order valence-electron chi connectivity index (χ0n) is 12.6. The maximum absolute atomic E-state index is 8.78. The summed E-state index contributed by atoms with van der Waals surface area (Å²) in [6.45, 7) is 6.30. The van der Waals surface area contributed by atoms with Crippen molar-refractivity contribution < 1.29 is 0 Å². The Morgan fingerprint density at radius 2 is 2.05 bits per heavy atom. The molecule has 1 aromatic rings. The van der Waals surface area contributed by atoms with Gasteiger partial charge in [0.1, 0.15) is 0 Å². The molecule has 1 N–H and O–H groups in total. The largest absolute Gasteiger partial charge is 0.368 e. The normalized spacial score (nSPS) is 15.7. The van der Waals surface area contributed by atoms with Gasteiger partial charge in [-0.05, 0) is 50.4 Å². The lowest BCUT2D eigenvalue weighted by molar-refractivity contribution is 0.570. The summed E-state index contributed by atoms with van der Waals surface area (Å²) in [7, 11) is 0. The average molecular weight is 271 g/mol. The van der Waals surface area contributed by atoms with Crippen molar-refractivity contribution in [3.63, 3.8) is 0 Å². The van der Waals surface area contributed by atoms with Crippen LogP contribution in [0.5, 0.6) is 0 Å². The minimum Gasteiger partial charge on any atom is -0.368 e. The van der Waals surface area contributed by atoms with Gasteiger partial charge >= 0.3 is 0 Å². The molecule has 0 bridgehead atoms. The first kappa shape index (κ1) is 14.9. The predicted molar refractivity (Wildman–Crippen MR) is 83.7 cm³/mol. The van der Waals surface area contributed by atoms with Crippen LogP contribution in [0.3, 0.4) is 0 Å². The van der Waals surface area contributed by atoms with Crippen LogP contribution in [0, 0.1) is 11.3 Å². The highest BCUT2D eigenvalue weighted by molar-refractivity contribution is 5.50. The summed E-state index contributed by atoms with van der Waals surface area (Å²) in [6, 6.07) is 12.1. The maximum Gasteiger partial charge on any atom is 0.0640 e. The number of benzene rings is 1. The van der Waals surface area contributed by atoms with Crippen LogP contribution in [0.25, 0.3) is 0 Å². The number of hydrogen-bond donors (Lipinski definition) is 1. The van der Waals surface area contributed by atoms with E-state index >= 15 is 0 Å². The lowest BCUT2D eigenvalue weighted by atomic mass is 10.1. The van der Waals surface area contributed by atoms with Gasteiger partial charge in [0.25, 0.3) is 0 Å². The minimum atomic E-state index is 0.400. The van der Waals surface area contributed by atoms with Crippen molar-refractivity contribution in [2.45, 2.75) is 51.6 Å². The van der Waals surface area contributed by atoms with E-state index in [0.717, 1.165) is 19.5 Å². The Kier molecular flexibility index (Phi) is 5.43. The van der Waals surface area contributed by atoms with Gasteiger partial charge < -0.3 is 10.2 Å². The lowest BCUT2D eigenvalue weighted by Gasteiger charge is -2.24. The van der Waals surface area contributed by atoms with Crippen LogP contribution in [0.2, 0.25) is 0 Å². The third kappa shape index (κ3) is 3.98. The van der Waals surface area contributed by atoms with E-state index in [4.69, 9.17) is 5.26 Å². The molecule has 1 aromatic carbocycles. The van der Waals surface area contributed by atoms with Gasteiger partial charge in [-0.2, -0.15) is 5.26 Å². The second kappa shape index (κ2) is 7.31. The molecular weight excluding hydrogens is 246 g/mol. The van der Waals surface area contributed by atoms with E-state index in [1.165, 1.54) is 24.1 Å². The second-order valence-corrected chi connectivity index (χ2v) is 5.60. The molecule has 1 fully saturated rings. The summed E-state index contributed by atoms with van der Waals surface area (Å²) in [5.41, 5.74) is 2.59. The summed E-state index contributed by atoms with van der Waals surface area (Å²) < 4.78 is 0. The van der Waals surface area contributed by atoms with E-state index in [2.05, 4.69) is 54.4 Å². The molecule has 1 saturated carbocycles. The van der Waals surface area contributed by atoms with Gasteiger partial charge in [0.05, 0.1) is 12.5 Å². The lowest BCUT2D eigenvalue weighted by Crippen LogP contribution is -2.26. The summed E-state index contributed by atoms with van der Waals surface area (Å²) in [4.78, 5) is 2.39. The van der Waals surface area contributed by atoms with Gasteiger partial charge in [-0.1, -0.05) is 19.1 Å². The molecule has 0 aromatic heterocycles. The molecule has 0 saturated heterocycles. The van der Waals surface area contributed by atoms with Gasteiger partial charge in [-0.25, -0.2) is 0 Å². The first-order valence-electron chi connectivity index (χ1n) is 7.73. The summed E-state index contributed by atoms with van der Waals surface area (Å²) in [5.74, 6) is 0. The van der Waals surface area contributed by atoms with Gasteiger partial charge in [0.15, 0.2) is 0 Å². The molecule has 1 aliphatic carbocycles. The Balaban J connectivity index is 2.00. The third-order valence-electron chi connectivity index (χ3n) is 3.88. The van der Waals surface area contributed by atoms with Crippen LogP contribution >= 0.6 is 0 Å². The van der Waals surface area contributed by atoms with Crippen molar-refractivity contribution >= 4 is 5.69 Å². The average Bonchev–Trinajstić information content (AvgIpc) is 3.30. The van der Waals surface area contributed by atoms with Crippen LogP contribution in [0.4, 0.5) is 5.69 Å². The van der Waals surface area contributed by atoms with Crippen molar-refractivity contribution in [1.82, 2.24) is 5.32 Å². The Morgan fingerprint density at radius 3 is 2.60 bits per heavy atom. The molecule has 2 rings (SSSR count). The maximum atomic E-state index is 8.78. The number of anilines is 1. The summed E-state index contributed by atoms with van der Waals surface area (Å²) >= 11 is 0. The van der Waals surface area contributed by atoms with Crippen molar-refractivity contribution in [2.75, 3.05) is 18.0 Å². The highest BCUT2D eigenvalue weighted by Gasteiger charge is 2.28. The topological polar surface area (TPSA) is 39.1 Å². The highest BCUT2D eigenvalue weighted by atomic mass is 15.2. The minimum absolute atomic E-state index is 0.400. The third-order valence-corrected chi connectivity index (χ3v) is 3.88. The molecule has 3 heteroatoms. The fourth-order valence-corrected chi connectivity index (χ4v) is 2.51. The van der Waals surface area contributed by atoms with E-state index in [-0.39, 0.29) is 0 Å².